The summed E-state index contributed by atoms with van der Waals surface area (Å²) < 4.78 is 5.16. The van der Waals surface area contributed by atoms with Crippen molar-refractivity contribution in [2.45, 2.75) is 19.0 Å². The Balaban J connectivity index is 1.72. The zero-order chi connectivity index (χ0) is 19.9. The topological polar surface area (TPSA) is 61.9 Å². The highest BCUT2D eigenvalue weighted by Crippen LogP contribution is 2.26. The maximum atomic E-state index is 13.1. The zero-order valence-corrected chi connectivity index (χ0v) is 16.5. The summed E-state index contributed by atoms with van der Waals surface area (Å²) in [7, 11) is 1.59. The minimum atomic E-state index is -0.640. The lowest BCUT2D eigenvalue weighted by molar-refractivity contribution is -0.127. The molecule has 1 fully saturated rings. The lowest BCUT2D eigenvalue weighted by atomic mass is 10.1. The molecule has 1 atom stereocenters. The number of carbonyl (C=O) groups is 2. The maximum Gasteiger partial charge on any atom is 0.256 e. The van der Waals surface area contributed by atoms with Gasteiger partial charge in [-0.05, 0) is 29.9 Å². The monoisotopic (exact) mass is 397 g/mol. The number of para-hydroxylation sites is 1. The Bertz CT molecular complexity index is 829. The summed E-state index contributed by atoms with van der Waals surface area (Å²) in [6.45, 7) is 1.28. The molecule has 0 aliphatic carbocycles. The molecular weight excluding hydrogens is 374 g/mol. The average Bonchev–Trinajstić information content (AvgIpc) is 2.95. The van der Waals surface area contributed by atoms with Crippen molar-refractivity contribution in [1.82, 2.24) is 10.2 Å². The second kappa shape index (κ2) is 9.43. The van der Waals surface area contributed by atoms with Gasteiger partial charge in [0.15, 0.2) is 5.11 Å². The first kappa shape index (κ1) is 20.0. The lowest BCUT2D eigenvalue weighted by Gasteiger charge is -2.23. The first-order valence-electron chi connectivity index (χ1n) is 9.11. The molecule has 7 heteroatoms. The third-order valence-corrected chi connectivity index (χ3v) is 5.00. The highest BCUT2D eigenvalue weighted by atomic mass is 32.1. The van der Waals surface area contributed by atoms with Crippen molar-refractivity contribution in [3.63, 3.8) is 0 Å². The number of hydrogen-bond donors (Lipinski definition) is 1. The molecule has 0 aromatic heterocycles. The minimum absolute atomic E-state index is 0.0405. The van der Waals surface area contributed by atoms with Crippen molar-refractivity contribution in [1.29, 1.82) is 0 Å². The molecule has 28 heavy (non-hydrogen) atoms. The Hall–Kier alpha value is -2.77. The van der Waals surface area contributed by atoms with E-state index in [9.17, 15) is 9.59 Å². The number of rotatable bonds is 8. The molecule has 146 valence electrons. The van der Waals surface area contributed by atoms with Crippen LogP contribution < -0.4 is 10.2 Å². The summed E-state index contributed by atoms with van der Waals surface area (Å²) in [5.74, 6) is -0.385. The van der Waals surface area contributed by atoms with Gasteiger partial charge in [0.1, 0.15) is 6.04 Å². The van der Waals surface area contributed by atoms with E-state index in [1.165, 1.54) is 4.90 Å². The van der Waals surface area contributed by atoms with Crippen molar-refractivity contribution >= 4 is 34.8 Å². The quantitative estimate of drug-likeness (QED) is 0.693. The molecule has 0 spiro atoms. The number of ether oxygens (including phenoxy) is 1. The molecular formula is C21H23N3O3S. The molecule has 2 amide bonds. The van der Waals surface area contributed by atoms with E-state index in [0.717, 1.165) is 5.56 Å². The standard InChI is InChI=1S/C21H23N3O3S/c1-27-13-12-23-18(14-19(25)22-15-16-8-4-2-5-9-16)20(26)24(21(23)28)17-10-6-3-7-11-17/h2-11,18H,12-15H2,1H3,(H,22,25). The number of benzene rings is 2. The first-order valence-corrected chi connectivity index (χ1v) is 9.52. The summed E-state index contributed by atoms with van der Waals surface area (Å²) in [5, 5.41) is 3.28. The van der Waals surface area contributed by atoms with Gasteiger partial charge in [-0.3, -0.25) is 14.5 Å². The van der Waals surface area contributed by atoms with E-state index in [-0.39, 0.29) is 18.2 Å². The molecule has 1 saturated heterocycles. The third-order valence-electron chi connectivity index (χ3n) is 4.58. The minimum Gasteiger partial charge on any atom is -0.383 e. The number of anilines is 1. The molecule has 6 nitrogen and oxygen atoms in total. The predicted molar refractivity (Wildman–Crippen MR) is 112 cm³/mol. The number of carbonyl (C=O) groups excluding carboxylic acids is 2. The van der Waals surface area contributed by atoms with Crippen LogP contribution in [0.3, 0.4) is 0 Å². The van der Waals surface area contributed by atoms with Crippen molar-refractivity contribution < 1.29 is 14.3 Å². The number of methoxy groups -OCH3 is 1. The van der Waals surface area contributed by atoms with E-state index in [2.05, 4.69) is 5.32 Å². The molecule has 2 aromatic carbocycles. The number of nitrogens with zero attached hydrogens (tertiary/aromatic N) is 2. The van der Waals surface area contributed by atoms with Crippen molar-refractivity contribution in [2.24, 2.45) is 0 Å². The Morgan fingerprint density at radius 3 is 2.39 bits per heavy atom. The van der Waals surface area contributed by atoms with E-state index >= 15 is 0 Å². The maximum absolute atomic E-state index is 13.1. The molecule has 1 N–H and O–H groups in total. The van der Waals surface area contributed by atoms with Crippen molar-refractivity contribution in [3.05, 3.63) is 66.2 Å². The number of thiocarbonyl (C=S) groups is 1. The Morgan fingerprint density at radius 2 is 1.75 bits per heavy atom. The van der Waals surface area contributed by atoms with Gasteiger partial charge in [0.05, 0.1) is 18.7 Å². The molecule has 0 saturated carbocycles. The molecule has 3 rings (SSSR count). The SMILES string of the molecule is COCCN1C(=S)N(c2ccccc2)C(=O)C1CC(=O)NCc1ccccc1. The smallest absolute Gasteiger partial charge is 0.256 e. The lowest BCUT2D eigenvalue weighted by Crippen LogP contribution is -2.41. The van der Waals surface area contributed by atoms with Gasteiger partial charge >= 0.3 is 0 Å². The van der Waals surface area contributed by atoms with Gasteiger partial charge in [-0.15, -0.1) is 0 Å². The van der Waals surface area contributed by atoms with Crippen LogP contribution in [0.1, 0.15) is 12.0 Å². The van der Waals surface area contributed by atoms with Crippen LogP contribution in [-0.4, -0.2) is 48.1 Å². The molecule has 1 aliphatic heterocycles. The van der Waals surface area contributed by atoms with Crippen LogP contribution in [-0.2, 0) is 20.9 Å². The van der Waals surface area contributed by atoms with E-state index in [1.807, 2.05) is 60.7 Å². The van der Waals surface area contributed by atoms with Crippen LogP contribution in [0.15, 0.2) is 60.7 Å². The third kappa shape index (κ3) is 4.55. The molecule has 2 aromatic rings. The number of hydrogen-bond acceptors (Lipinski definition) is 4. The summed E-state index contributed by atoms with van der Waals surface area (Å²) in [5.41, 5.74) is 1.71. The summed E-state index contributed by atoms with van der Waals surface area (Å²) in [6, 6.07) is 18.3. The molecule has 1 aliphatic rings. The second-order valence-electron chi connectivity index (χ2n) is 6.46. The van der Waals surface area contributed by atoms with Crippen LogP contribution >= 0.6 is 12.2 Å². The van der Waals surface area contributed by atoms with Crippen LogP contribution in [0.5, 0.6) is 0 Å². The summed E-state index contributed by atoms with van der Waals surface area (Å²) >= 11 is 5.55. The van der Waals surface area contributed by atoms with E-state index in [0.29, 0.717) is 30.5 Å². The molecule has 0 bridgehead atoms. The molecule has 0 radical (unpaired) electrons. The van der Waals surface area contributed by atoms with E-state index < -0.39 is 6.04 Å². The fourth-order valence-electron chi connectivity index (χ4n) is 3.14. The van der Waals surface area contributed by atoms with E-state index in [4.69, 9.17) is 17.0 Å². The Morgan fingerprint density at radius 1 is 1.11 bits per heavy atom. The fourth-order valence-corrected chi connectivity index (χ4v) is 3.55. The van der Waals surface area contributed by atoms with Gasteiger partial charge in [0.25, 0.3) is 5.91 Å². The second-order valence-corrected chi connectivity index (χ2v) is 6.83. The van der Waals surface area contributed by atoms with Gasteiger partial charge < -0.3 is 15.0 Å². The first-order chi connectivity index (χ1) is 13.6. The van der Waals surface area contributed by atoms with Crippen LogP contribution in [0.4, 0.5) is 5.69 Å². The summed E-state index contributed by atoms with van der Waals surface area (Å²) in [4.78, 5) is 28.9. The zero-order valence-electron chi connectivity index (χ0n) is 15.7. The van der Waals surface area contributed by atoms with Crippen LogP contribution in [0.25, 0.3) is 0 Å². The number of amides is 2. The van der Waals surface area contributed by atoms with Crippen molar-refractivity contribution in [3.8, 4) is 0 Å². The van der Waals surface area contributed by atoms with Gasteiger partial charge in [-0.1, -0.05) is 48.5 Å². The largest absolute Gasteiger partial charge is 0.383 e. The van der Waals surface area contributed by atoms with Gasteiger partial charge in [-0.25, -0.2) is 0 Å². The van der Waals surface area contributed by atoms with Gasteiger partial charge in [0.2, 0.25) is 5.91 Å². The van der Waals surface area contributed by atoms with Gasteiger partial charge in [-0.2, -0.15) is 0 Å². The Labute approximate surface area is 170 Å². The molecule has 1 heterocycles. The highest BCUT2D eigenvalue weighted by Gasteiger charge is 2.43. The van der Waals surface area contributed by atoms with Gasteiger partial charge in [0, 0.05) is 20.2 Å². The summed E-state index contributed by atoms with van der Waals surface area (Å²) in [6.07, 6.45) is 0.0405. The molecule has 1 unspecified atom stereocenters. The fraction of sp³-hybridized carbons (Fsp3) is 0.286. The predicted octanol–water partition coefficient (Wildman–Crippen LogP) is 2.34. The van der Waals surface area contributed by atoms with Crippen LogP contribution in [0.2, 0.25) is 0 Å². The normalized spacial score (nSPS) is 16.5. The average molecular weight is 398 g/mol. The number of nitrogens with one attached hydrogen (secondary N) is 1. The van der Waals surface area contributed by atoms with Crippen molar-refractivity contribution in [2.75, 3.05) is 25.2 Å². The van der Waals surface area contributed by atoms with E-state index in [1.54, 1.807) is 12.0 Å². The van der Waals surface area contributed by atoms with Crippen LogP contribution in [0, 0.1) is 0 Å². The highest BCUT2D eigenvalue weighted by molar-refractivity contribution is 7.80. The Kier molecular flexibility index (Phi) is 6.73.